The van der Waals surface area contributed by atoms with E-state index in [1.807, 2.05) is 32.1 Å². The highest BCUT2D eigenvalue weighted by Crippen LogP contribution is 2.15. The van der Waals surface area contributed by atoms with Crippen molar-refractivity contribution in [2.75, 3.05) is 6.61 Å². The van der Waals surface area contributed by atoms with Crippen LogP contribution in [0.5, 0.6) is 0 Å². The molecule has 0 heterocycles. The maximum Gasteiger partial charge on any atom is 0.338 e. The van der Waals surface area contributed by atoms with Crippen molar-refractivity contribution >= 4 is 11.8 Å². The van der Waals surface area contributed by atoms with Gasteiger partial charge in [-0.3, -0.25) is 4.79 Å². The van der Waals surface area contributed by atoms with E-state index in [0.717, 1.165) is 12.0 Å². The zero-order valence-corrected chi connectivity index (χ0v) is 12.7. The molecular weight excluding hydrogens is 264 g/mol. The van der Waals surface area contributed by atoms with Crippen molar-refractivity contribution in [2.24, 2.45) is 0 Å². The van der Waals surface area contributed by atoms with E-state index in [1.54, 1.807) is 18.2 Å². The molecule has 0 saturated heterocycles. The van der Waals surface area contributed by atoms with E-state index < -0.39 is 0 Å². The van der Waals surface area contributed by atoms with E-state index >= 15 is 0 Å². The number of ether oxygens (including phenoxy) is 1. The normalized spacial score (nSPS) is 10.6. The molecule has 0 radical (unpaired) electrons. The molecule has 112 valence electrons. The van der Waals surface area contributed by atoms with Crippen LogP contribution in [0.25, 0.3) is 0 Å². The monoisotopic (exact) mass is 286 g/mol. The lowest BCUT2D eigenvalue weighted by Crippen LogP contribution is -2.11. The van der Waals surface area contributed by atoms with Crippen molar-refractivity contribution in [3.05, 3.63) is 59.7 Å². The van der Waals surface area contributed by atoms with E-state index in [2.05, 4.69) is 6.58 Å². The van der Waals surface area contributed by atoms with Crippen LogP contribution in [0.3, 0.4) is 0 Å². The van der Waals surface area contributed by atoms with Gasteiger partial charge < -0.3 is 4.74 Å². The maximum atomic E-state index is 12.1. The smallest absolute Gasteiger partial charge is 0.338 e. The van der Waals surface area contributed by atoms with Crippen LogP contribution < -0.4 is 0 Å². The Morgan fingerprint density at radius 3 is 2.76 bits per heavy atom. The highest BCUT2D eigenvalue weighted by molar-refractivity contribution is 5.96. The lowest BCUT2D eigenvalue weighted by molar-refractivity contribution is -0.114. The summed E-state index contributed by atoms with van der Waals surface area (Å²) >= 11 is 0. The molecule has 0 fully saturated rings. The van der Waals surface area contributed by atoms with Crippen LogP contribution in [0, 0.1) is 6.92 Å². The summed E-state index contributed by atoms with van der Waals surface area (Å²) in [6.45, 7) is 7.79. The number of benzene rings is 1. The van der Waals surface area contributed by atoms with Crippen LogP contribution in [-0.2, 0) is 16.0 Å². The molecule has 0 spiro atoms. The minimum atomic E-state index is -0.390. The molecule has 0 N–H and O–H groups in total. The zero-order valence-electron chi connectivity index (χ0n) is 12.7. The number of ketones is 1. The molecular formula is C18H22O3. The van der Waals surface area contributed by atoms with Crippen LogP contribution in [0.1, 0.15) is 41.3 Å². The second-order valence-corrected chi connectivity index (χ2v) is 4.83. The number of rotatable bonds is 8. The van der Waals surface area contributed by atoms with Crippen LogP contribution in [0.15, 0.2) is 43.0 Å². The van der Waals surface area contributed by atoms with Crippen molar-refractivity contribution in [3.63, 3.8) is 0 Å². The number of allylic oxidation sites excluding steroid dienone is 2. The first-order valence-corrected chi connectivity index (χ1v) is 7.15. The van der Waals surface area contributed by atoms with E-state index in [-0.39, 0.29) is 18.2 Å². The Kier molecular flexibility index (Phi) is 7.16. The van der Waals surface area contributed by atoms with E-state index in [4.69, 9.17) is 4.74 Å². The zero-order chi connectivity index (χ0) is 15.7. The molecule has 1 rings (SSSR count). The summed E-state index contributed by atoms with van der Waals surface area (Å²) in [4.78, 5) is 23.9. The van der Waals surface area contributed by atoms with Gasteiger partial charge in [0.1, 0.15) is 0 Å². The molecule has 21 heavy (non-hydrogen) atoms. The van der Waals surface area contributed by atoms with Crippen molar-refractivity contribution < 1.29 is 14.3 Å². The van der Waals surface area contributed by atoms with Crippen LogP contribution in [0.4, 0.5) is 0 Å². The Hall–Kier alpha value is -2.16. The molecule has 3 nitrogen and oxygen atoms in total. The number of aryl methyl sites for hydroxylation is 1. The van der Waals surface area contributed by atoms with Gasteiger partial charge in [-0.1, -0.05) is 36.8 Å². The number of hydrogen-bond donors (Lipinski definition) is 0. The van der Waals surface area contributed by atoms with E-state index in [9.17, 15) is 9.59 Å². The molecule has 1 aromatic carbocycles. The van der Waals surface area contributed by atoms with E-state index in [1.165, 1.54) is 0 Å². The predicted octanol–water partition coefficient (Wildman–Crippen LogP) is 3.81. The highest BCUT2D eigenvalue weighted by Gasteiger charge is 2.14. The highest BCUT2D eigenvalue weighted by atomic mass is 16.5. The first kappa shape index (κ1) is 16.9. The van der Waals surface area contributed by atoms with Gasteiger partial charge in [-0.25, -0.2) is 4.79 Å². The fraction of sp³-hybridized carbons (Fsp3) is 0.333. The number of hydrogen-bond acceptors (Lipinski definition) is 3. The van der Waals surface area contributed by atoms with Gasteiger partial charge in [0.25, 0.3) is 0 Å². The molecule has 3 heteroatoms. The summed E-state index contributed by atoms with van der Waals surface area (Å²) in [5, 5.41) is 0. The Morgan fingerprint density at radius 1 is 1.33 bits per heavy atom. The molecule has 0 aliphatic heterocycles. The lowest BCUT2D eigenvalue weighted by atomic mass is 9.99. The molecule has 0 unspecified atom stereocenters. The van der Waals surface area contributed by atoms with Gasteiger partial charge in [-0.05, 0) is 37.5 Å². The third-order valence-corrected chi connectivity index (χ3v) is 2.94. The summed E-state index contributed by atoms with van der Waals surface area (Å²) in [7, 11) is 0. The topological polar surface area (TPSA) is 43.4 Å². The molecule has 0 aromatic heterocycles. The Labute approximate surface area is 126 Å². The predicted molar refractivity (Wildman–Crippen MR) is 84.4 cm³/mol. The van der Waals surface area contributed by atoms with Crippen LogP contribution >= 0.6 is 0 Å². The SMILES string of the molecule is C=CCCOC(=O)c1ccc(C)cc1CC(=O)/C=C/CC. The second kappa shape index (κ2) is 8.90. The Balaban J connectivity index is 2.88. The quantitative estimate of drug-likeness (QED) is 0.316. The maximum absolute atomic E-state index is 12.1. The number of carbonyl (C=O) groups excluding carboxylic acids is 2. The first-order chi connectivity index (χ1) is 10.1. The molecule has 0 amide bonds. The van der Waals surface area contributed by atoms with Crippen LogP contribution in [0.2, 0.25) is 0 Å². The Morgan fingerprint density at radius 2 is 2.10 bits per heavy atom. The number of carbonyl (C=O) groups is 2. The van der Waals surface area contributed by atoms with Gasteiger partial charge in [-0.15, -0.1) is 6.58 Å². The minimum absolute atomic E-state index is 0.0115. The van der Waals surface area contributed by atoms with Crippen molar-refractivity contribution in [2.45, 2.75) is 33.1 Å². The van der Waals surface area contributed by atoms with Crippen molar-refractivity contribution in [1.82, 2.24) is 0 Å². The van der Waals surface area contributed by atoms with Gasteiger partial charge in [0.15, 0.2) is 5.78 Å². The summed E-state index contributed by atoms with van der Waals surface area (Å²) in [5.74, 6) is -0.401. The molecule has 1 aromatic rings. The minimum Gasteiger partial charge on any atom is -0.462 e. The fourth-order valence-electron chi connectivity index (χ4n) is 1.88. The van der Waals surface area contributed by atoms with Gasteiger partial charge in [0.2, 0.25) is 0 Å². The lowest BCUT2D eigenvalue weighted by Gasteiger charge is -2.09. The second-order valence-electron chi connectivity index (χ2n) is 4.83. The summed E-state index contributed by atoms with van der Waals surface area (Å²) in [5.41, 5.74) is 2.19. The molecule has 0 saturated carbocycles. The summed E-state index contributed by atoms with van der Waals surface area (Å²) in [6.07, 6.45) is 6.73. The third-order valence-electron chi connectivity index (χ3n) is 2.94. The molecule has 0 atom stereocenters. The van der Waals surface area contributed by atoms with Crippen LogP contribution in [-0.4, -0.2) is 18.4 Å². The summed E-state index contributed by atoms with van der Waals surface area (Å²) in [6, 6.07) is 5.43. The van der Waals surface area contributed by atoms with E-state index in [0.29, 0.717) is 24.2 Å². The average molecular weight is 286 g/mol. The van der Waals surface area contributed by atoms with Gasteiger partial charge >= 0.3 is 5.97 Å². The summed E-state index contributed by atoms with van der Waals surface area (Å²) < 4.78 is 5.17. The largest absolute Gasteiger partial charge is 0.462 e. The standard InChI is InChI=1S/C18H22O3/c1-4-6-8-16(19)13-15-12-14(3)9-10-17(15)18(20)21-11-7-5-2/h5-6,8-10,12H,2,4,7,11,13H2,1,3H3/b8-6+. The van der Waals surface area contributed by atoms with Crippen molar-refractivity contribution in [1.29, 1.82) is 0 Å². The van der Waals surface area contributed by atoms with Crippen molar-refractivity contribution in [3.8, 4) is 0 Å². The fourth-order valence-corrected chi connectivity index (χ4v) is 1.88. The first-order valence-electron chi connectivity index (χ1n) is 7.15. The Bertz CT molecular complexity index is 541. The average Bonchev–Trinajstić information content (AvgIpc) is 2.45. The molecule has 0 aliphatic carbocycles. The van der Waals surface area contributed by atoms with Gasteiger partial charge in [0, 0.05) is 6.42 Å². The molecule has 0 aliphatic rings. The third kappa shape index (κ3) is 5.78. The van der Waals surface area contributed by atoms with Gasteiger partial charge in [-0.2, -0.15) is 0 Å². The molecule has 0 bridgehead atoms. The van der Waals surface area contributed by atoms with Gasteiger partial charge in [0.05, 0.1) is 12.2 Å². The number of esters is 1.